The van der Waals surface area contributed by atoms with Crippen molar-refractivity contribution in [2.45, 2.75) is 13.3 Å². The van der Waals surface area contributed by atoms with Gasteiger partial charge in [0.2, 0.25) is 0 Å². The molecule has 4 rings (SSSR count). The molecule has 2 heterocycles. The minimum Gasteiger partial charge on any atom is -0.454 e. The van der Waals surface area contributed by atoms with Gasteiger partial charge in [0.15, 0.2) is 5.75 Å². The molecule has 31 heavy (non-hydrogen) atoms. The molecule has 0 aliphatic rings. The standard InChI is InChI=1S/C23H17F2N5O/c1-14-10-16(11-26)20(12-28-14)31-17-4-2-15(3-5-17)8-9-27-23-21-18(24)6-7-19(25)22(21)29-13-30-23/h2-7,10,12-13H,8-9H2,1H3,(H,27,29,30). The molecule has 0 aliphatic carbocycles. The first kappa shape index (κ1) is 20.2. The average molecular weight is 417 g/mol. The smallest absolute Gasteiger partial charge is 0.163 e. The highest BCUT2D eigenvalue weighted by Crippen LogP contribution is 2.26. The van der Waals surface area contributed by atoms with Gasteiger partial charge in [-0.25, -0.2) is 18.7 Å². The molecular weight excluding hydrogens is 400 g/mol. The number of anilines is 1. The molecule has 0 amide bonds. The van der Waals surface area contributed by atoms with Crippen LogP contribution in [0.25, 0.3) is 10.9 Å². The lowest BCUT2D eigenvalue weighted by Crippen LogP contribution is -2.08. The Bertz CT molecular complexity index is 1290. The predicted octanol–water partition coefficient (Wildman–Crippen LogP) is 4.93. The minimum absolute atomic E-state index is 0.0336. The van der Waals surface area contributed by atoms with Gasteiger partial charge in [-0.05, 0) is 49.2 Å². The van der Waals surface area contributed by atoms with Gasteiger partial charge < -0.3 is 10.1 Å². The topological polar surface area (TPSA) is 83.7 Å². The fraction of sp³-hybridized carbons (Fsp3) is 0.130. The second-order valence-corrected chi connectivity index (χ2v) is 6.83. The maximum atomic E-state index is 14.2. The SMILES string of the molecule is Cc1cc(C#N)c(Oc2ccc(CCNc3ncnc4c(F)ccc(F)c34)cc2)cn1. The second-order valence-electron chi connectivity index (χ2n) is 6.83. The monoisotopic (exact) mass is 417 g/mol. The molecule has 154 valence electrons. The third kappa shape index (κ3) is 4.41. The molecule has 1 N–H and O–H groups in total. The maximum absolute atomic E-state index is 14.2. The molecule has 0 unspecified atom stereocenters. The van der Waals surface area contributed by atoms with Crippen molar-refractivity contribution < 1.29 is 13.5 Å². The predicted molar refractivity (Wildman–Crippen MR) is 112 cm³/mol. The van der Waals surface area contributed by atoms with Gasteiger partial charge in [0.1, 0.15) is 41.1 Å². The van der Waals surface area contributed by atoms with Crippen LogP contribution in [0.3, 0.4) is 0 Å². The summed E-state index contributed by atoms with van der Waals surface area (Å²) in [6.07, 6.45) is 3.35. The Morgan fingerprint density at radius 2 is 1.81 bits per heavy atom. The molecule has 2 aromatic heterocycles. The first-order chi connectivity index (χ1) is 15.0. The van der Waals surface area contributed by atoms with Gasteiger partial charge >= 0.3 is 0 Å². The molecule has 0 spiro atoms. The summed E-state index contributed by atoms with van der Waals surface area (Å²) >= 11 is 0. The zero-order valence-corrected chi connectivity index (χ0v) is 16.6. The largest absolute Gasteiger partial charge is 0.454 e. The number of benzene rings is 2. The number of pyridine rings is 1. The van der Waals surface area contributed by atoms with Crippen LogP contribution in [0.4, 0.5) is 14.6 Å². The number of fused-ring (bicyclic) bond motifs is 1. The molecule has 6 nitrogen and oxygen atoms in total. The van der Waals surface area contributed by atoms with E-state index in [0.29, 0.717) is 30.0 Å². The summed E-state index contributed by atoms with van der Waals surface area (Å²) in [7, 11) is 0. The third-order valence-electron chi connectivity index (χ3n) is 4.67. The van der Waals surface area contributed by atoms with Gasteiger partial charge in [-0.1, -0.05) is 12.1 Å². The van der Waals surface area contributed by atoms with Crippen molar-refractivity contribution in [3.8, 4) is 17.6 Å². The molecule has 0 saturated carbocycles. The number of nitrogens with zero attached hydrogens (tertiary/aromatic N) is 4. The average Bonchev–Trinajstić information content (AvgIpc) is 2.78. The molecule has 8 heteroatoms. The van der Waals surface area contributed by atoms with Crippen LogP contribution in [-0.2, 0) is 6.42 Å². The van der Waals surface area contributed by atoms with Crippen LogP contribution in [0.2, 0.25) is 0 Å². The Hall–Kier alpha value is -4.12. The zero-order valence-electron chi connectivity index (χ0n) is 16.6. The zero-order chi connectivity index (χ0) is 21.8. The van der Waals surface area contributed by atoms with Crippen molar-refractivity contribution in [1.82, 2.24) is 15.0 Å². The molecule has 0 aliphatic heterocycles. The Morgan fingerprint density at radius 3 is 2.58 bits per heavy atom. The number of hydrogen-bond donors (Lipinski definition) is 1. The Kier molecular flexibility index (Phi) is 5.67. The normalized spacial score (nSPS) is 10.6. The minimum atomic E-state index is -0.597. The quantitative estimate of drug-likeness (QED) is 0.479. The summed E-state index contributed by atoms with van der Waals surface area (Å²) in [4.78, 5) is 12.0. The van der Waals surface area contributed by atoms with Gasteiger partial charge in [0.05, 0.1) is 17.1 Å². The van der Waals surface area contributed by atoms with Crippen LogP contribution >= 0.6 is 0 Å². The van der Waals surface area contributed by atoms with Crippen molar-refractivity contribution in [2.24, 2.45) is 0 Å². The van der Waals surface area contributed by atoms with Gasteiger partial charge in [-0.3, -0.25) is 4.98 Å². The van der Waals surface area contributed by atoms with Crippen LogP contribution < -0.4 is 10.1 Å². The van der Waals surface area contributed by atoms with Gasteiger partial charge in [-0.2, -0.15) is 5.26 Å². The highest BCUT2D eigenvalue weighted by molar-refractivity contribution is 5.89. The summed E-state index contributed by atoms with van der Waals surface area (Å²) in [6.45, 7) is 2.27. The van der Waals surface area contributed by atoms with Gasteiger partial charge in [-0.15, -0.1) is 0 Å². The molecule has 0 radical (unpaired) electrons. The Balaban J connectivity index is 1.41. The summed E-state index contributed by atoms with van der Waals surface area (Å²) in [5, 5.41) is 12.3. The van der Waals surface area contributed by atoms with E-state index in [9.17, 15) is 14.0 Å². The molecule has 4 aromatic rings. The summed E-state index contributed by atoms with van der Waals surface area (Å²) in [5.74, 6) is 0.0487. The van der Waals surface area contributed by atoms with Crippen LogP contribution in [0, 0.1) is 29.9 Å². The number of nitrogens with one attached hydrogen (secondary N) is 1. The van der Waals surface area contributed by atoms with Crippen molar-refractivity contribution in [3.63, 3.8) is 0 Å². The highest BCUT2D eigenvalue weighted by atomic mass is 19.1. The Morgan fingerprint density at radius 1 is 1.03 bits per heavy atom. The summed E-state index contributed by atoms with van der Waals surface area (Å²) in [5.41, 5.74) is 2.11. The maximum Gasteiger partial charge on any atom is 0.163 e. The van der Waals surface area contributed by atoms with Crippen molar-refractivity contribution in [1.29, 1.82) is 5.26 Å². The van der Waals surface area contributed by atoms with E-state index >= 15 is 0 Å². The number of ether oxygens (including phenoxy) is 1. The van der Waals surface area contributed by atoms with Gasteiger partial charge in [0, 0.05) is 12.2 Å². The van der Waals surface area contributed by atoms with Crippen LogP contribution in [0.5, 0.6) is 11.5 Å². The Labute approximate surface area is 177 Å². The number of rotatable bonds is 6. The van der Waals surface area contributed by atoms with E-state index in [2.05, 4.69) is 26.3 Å². The van der Waals surface area contributed by atoms with Crippen LogP contribution in [0.1, 0.15) is 16.8 Å². The molecule has 0 saturated heterocycles. The lowest BCUT2D eigenvalue weighted by atomic mass is 10.1. The first-order valence-corrected chi connectivity index (χ1v) is 9.51. The lowest BCUT2D eigenvalue weighted by Gasteiger charge is -2.10. The van der Waals surface area contributed by atoms with Crippen molar-refractivity contribution in [3.05, 3.63) is 83.4 Å². The van der Waals surface area contributed by atoms with E-state index < -0.39 is 11.6 Å². The van der Waals surface area contributed by atoms with Gasteiger partial charge in [0.25, 0.3) is 0 Å². The summed E-state index contributed by atoms with van der Waals surface area (Å²) < 4.78 is 33.8. The van der Waals surface area contributed by atoms with Crippen LogP contribution in [-0.4, -0.2) is 21.5 Å². The van der Waals surface area contributed by atoms with E-state index in [4.69, 9.17) is 4.74 Å². The van der Waals surface area contributed by atoms with Crippen molar-refractivity contribution in [2.75, 3.05) is 11.9 Å². The first-order valence-electron chi connectivity index (χ1n) is 9.51. The molecule has 0 atom stereocenters. The number of nitriles is 1. The second kappa shape index (κ2) is 8.71. The van der Waals surface area contributed by atoms with E-state index in [1.807, 2.05) is 19.1 Å². The summed E-state index contributed by atoms with van der Waals surface area (Å²) in [6, 6.07) is 13.3. The van der Waals surface area contributed by atoms with E-state index in [1.54, 1.807) is 18.2 Å². The number of hydrogen-bond acceptors (Lipinski definition) is 6. The molecule has 2 aromatic carbocycles. The number of halogens is 2. The lowest BCUT2D eigenvalue weighted by molar-refractivity contribution is 0.478. The molecule has 0 fully saturated rings. The fourth-order valence-corrected chi connectivity index (χ4v) is 3.13. The highest BCUT2D eigenvalue weighted by Gasteiger charge is 2.12. The number of aromatic nitrogens is 3. The van der Waals surface area contributed by atoms with E-state index in [0.717, 1.165) is 23.4 Å². The third-order valence-corrected chi connectivity index (χ3v) is 4.67. The van der Waals surface area contributed by atoms with Crippen molar-refractivity contribution >= 4 is 16.7 Å². The van der Waals surface area contributed by atoms with E-state index in [1.165, 1.54) is 12.5 Å². The van der Waals surface area contributed by atoms with E-state index in [-0.39, 0.29) is 16.7 Å². The fourth-order valence-electron chi connectivity index (χ4n) is 3.13. The van der Waals surface area contributed by atoms with Crippen LogP contribution in [0.15, 0.2) is 55.0 Å². The molecular formula is C23H17F2N5O. The molecule has 0 bridgehead atoms. The number of aryl methyl sites for hydroxylation is 1.